The molecule has 0 heterocycles. The maximum absolute atomic E-state index is 13.2. The van der Waals surface area contributed by atoms with E-state index in [0.717, 1.165) is 37.2 Å². The Kier molecular flexibility index (Phi) is 4.17. The molecule has 2 aliphatic carbocycles. The van der Waals surface area contributed by atoms with Crippen molar-refractivity contribution in [3.63, 3.8) is 0 Å². The van der Waals surface area contributed by atoms with Gasteiger partial charge in [0.15, 0.2) is 5.78 Å². The Bertz CT molecular complexity index is 510. The molecule has 0 bridgehead atoms. The molecule has 0 spiro atoms. The van der Waals surface area contributed by atoms with E-state index in [-0.39, 0.29) is 5.41 Å². The van der Waals surface area contributed by atoms with E-state index in [0.29, 0.717) is 18.2 Å². The average Bonchev–Trinajstić information content (AvgIpc) is 2.47. The molecule has 114 valence electrons. The topological polar surface area (TPSA) is 43.1 Å². The summed E-state index contributed by atoms with van der Waals surface area (Å²) in [6.45, 7) is 2.78. The van der Waals surface area contributed by atoms with Gasteiger partial charge in [0.25, 0.3) is 0 Å². The van der Waals surface area contributed by atoms with E-state index >= 15 is 0 Å². The van der Waals surface area contributed by atoms with Gasteiger partial charge in [-0.1, -0.05) is 37.6 Å². The van der Waals surface area contributed by atoms with Crippen LogP contribution in [0.1, 0.15) is 73.7 Å². The lowest BCUT2D eigenvalue weighted by molar-refractivity contribution is 0.0693. The second kappa shape index (κ2) is 5.92. The zero-order valence-electron chi connectivity index (χ0n) is 13.1. The smallest absolute Gasteiger partial charge is 0.170 e. The Balaban J connectivity index is 1.90. The van der Waals surface area contributed by atoms with Crippen LogP contribution in [0.4, 0.5) is 0 Å². The lowest BCUT2D eigenvalue weighted by Gasteiger charge is -2.38. The number of nitrogens with two attached hydrogens (primary N) is 1. The summed E-state index contributed by atoms with van der Waals surface area (Å²) >= 11 is 0. The van der Waals surface area contributed by atoms with Crippen molar-refractivity contribution in [2.75, 3.05) is 6.54 Å². The van der Waals surface area contributed by atoms with Crippen molar-refractivity contribution in [3.8, 4) is 0 Å². The highest BCUT2D eigenvalue weighted by Gasteiger charge is 2.41. The van der Waals surface area contributed by atoms with Crippen LogP contribution in [0, 0.1) is 11.3 Å². The first-order valence-corrected chi connectivity index (χ1v) is 8.50. The van der Waals surface area contributed by atoms with Crippen molar-refractivity contribution in [2.45, 2.75) is 57.8 Å². The van der Waals surface area contributed by atoms with Crippen LogP contribution in [0.15, 0.2) is 24.3 Å². The average molecular weight is 285 g/mol. The summed E-state index contributed by atoms with van der Waals surface area (Å²) in [5, 5.41) is 0. The Hall–Kier alpha value is -1.15. The van der Waals surface area contributed by atoms with Crippen LogP contribution in [0.2, 0.25) is 0 Å². The highest BCUT2D eigenvalue weighted by atomic mass is 16.1. The monoisotopic (exact) mass is 285 g/mol. The highest BCUT2D eigenvalue weighted by molar-refractivity contribution is 6.02. The van der Waals surface area contributed by atoms with Gasteiger partial charge in [0.05, 0.1) is 0 Å². The Morgan fingerprint density at radius 2 is 1.86 bits per heavy atom. The fourth-order valence-corrected chi connectivity index (χ4v) is 3.90. The summed E-state index contributed by atoms with van der Waals surface area (Å²) in [5.41, 5.74) is 8.01. The standard InChI is InChI=1S/C19H27NO/c1-14-9-11-19(13-20,12-10-14)18(21)17-8-3-2-7-16(17)15-5-4-6-15/h2-3,7-8,14-15H,4-6,9-13,20H2,1H3. The predicted octanol–water partition coefficient (Wildman–Crippen LogP) is 4.29. The number of hydrogen-bond donors (Lipinski definition) is 1. The van der Waals surface area contributed by atoms with Crippen LogP contribution in [-0.2, 0) is 0 Å². The van der Waals surface area contributed by atoms with E-state index in [2.05, 4.69) is 19.1 Å². The van der Waals surface area contributed by atoms with Gasteiger partial charge in [0.2, 0.25) is 0 Å². The first-order valence-electron chi connectivity index (χ1n) is 8.50. The van der Waals surface area contributed by atoms with Gasteiger partial charge in [-0.25, -0.2) is 0 Å². The summed E-state index contributed by atoms with van der Waals surface area (Å²) in [5.74, 6) is 1.65. The third-order valence-electron chi connectivity index (χ3n) is 5.85. The van der Waals surface area contributed by atoms with E-state index in [1.807, 2.05) is 12.1 Å². The number of ketones is 1. The summed E-state index contributed by atoms with van der Waals surface area (Å²) in [6.07, 6.45) is 7.95. The molecular weight excluding hydrogens is 258 g/mol. The molecule has 3 rings (SSSR count). The van der Waals surface area contributed by atoms with Crippen molar-refractivity contribution < 1.29 is 4.79 Å². The third-order valence-corrected chi connectivity index (χ3v) is 5.85. The van der Waals surface area contributed by atoms with Crippen LogP contribution < -0.4 is 5.73 Å². The van der Waals surface area contributed by atoms with Crippen LogP contribution in [-0.4, -0.2) is 12.3 Å². The second-order valence-electron chi connectivity index (χ2n) is 7.21. The van der Waals surface area contributed by atoms with E-state index in [4.69, 9.17) is 5.73 Å². The van der Waals surface area contributed by atoms with E-state index in [1.165, 1.54) is 24.8 Å². The van der Waals surface area contributed by atoms with Crippen molar-refractivity contribution in [1.29, 1.82) is 0 Å². The molecule has 0 aromatic heterocycles. The summed E-state index contributed by atoms with van der Waals surface area (Å²) in [6, 6.07) is 8.27. The van der Waals surface area contributed by atoms with Gasteiger partial charge in [-0.2, -0.15) is 0 Å². The number of rotatable bonds is 4. The lowest BCUT2D eigenvalue weighted by Crippen LogP contribution is -2.42. The minimum Gasteiger partial charge on any atom is -0.329 e. The number of hydrogen-bond acceptors (Lipinski definition) is 2. The van der Waals surface area contributed by atoms with Crippen molar-refractivity contribution in [3.05, 3.63) is 35.4 Å². The molecule has 0 atom stereocenters. The van der Waals surface area contributed by atoms with Crippen molar-refractivity contribution in [2.24, 2.45) is 17.1 Å². The van der Waals surface area contributed by atoms with E-state index in [1.54, 1.807) is 0 Å². The second-order valence-corrected chi connectivity index (χ2v) is 7.21. The molecule has 0 saturated heterocycles. The van der Waals surface area contributed by atoms with Gasteiger partial charge >= 0.3 is 0 Å². The third kappa shape index (κ3) is 2.66. The maximum Gasteiger partial charge on any atom is 0.170 e. The SMILES string of the molecule is CC1CCC(CN)(C(=O)c2ccccc2C2CCC2)CC1. The number of carbonyl (C=O) groups is 1. The molecule has 0 unspecified atom stereocenters. The molecule has 1 aromatic rings. The molecule has 2 heteroatoms. The number of Topliss-reactive ketones (excluding diaryl/α,β-unsaturated/α-hetero) is 1. The zero-order valence-corrected chi connectivity index (χ0v) is 13.1. The van der Waals surface area contributed by atoms with Gasteiger partial charge < -0.3 is 5.73 Å². The van der Waals surface area contributed by atoms with E-state index in [9.17, 15) is 4.79 Å². The Morgan fingerprint density at radius 1 is 1.19 bits per heavy atom. The van der Waals surface area contributed by atoms with Gasteiger partial charge in [-0.05, 0) is 55.9 Å². The molecule has 2 fully saturated rings. The Labute approximate surface area is 128 Å². The molecule has 2 aliphatic rings. The van der Waals surface area contributed by atoms with Crippen LogP contribution in [0.5, 0.6) is 0 Å². The van der Waals surface area contributed by atoms with Gasteiger partial charge in [-0.3, -0.25) is 4.79 Å². The van der Waals surface area contributed by atoms with Crippen LogP contribution in [0.25, 0.3) is 0 Å². The molecule has 2 nitrogen and oxygen atoms in total. The highest BCUT2D eigenvalue weighted by Crippen LogP contribution is 2.44. The zero-order chi connectivity index (χ0) is 14.9. The summed E-state index contributed by atoms with van der Waals surface area (Å²) in [7, 11) is 0. The van der Waals surface area contributed by atoms with Gasteiger partial charge in [0.1, 0.15) is 0 Å². The molecule has 1 aromatic carbocycles. The van der Waals surface area contributed by atoms with Gasteiger partial charge in [0, 0.05) is 17.5 Å². The van der Waals surface area contributed by atoms with Crippen molar-refractivity contribution in [1.82, 2.24) is 0 Å². The van der Waals surface area contributed by atoms with Crippen LogP contribution >= 0.6 is 0 Å². The fourth-order valence-electron chi connectivity index (χ4n) is 3.90. The lowest BCUT2D eigenvalue weighted by atomic mass is 9.65. The molecular formula is C19H27NO. The molecule has 0 radical (unpaired) electrons. The Morgan fingerprint density at radius 3 is 2.43 bits per heavy atom. The van der Waals surface area contributed by atoms with Gasteiger partial charge in [-0.15, -0.1) is 0 Å². The van der Waals surface area contributed by atoms with E-state index < -0.39 is 0 Å². The largest absolute Gasteiger partial charge is 0.329 e. The quantitative estimate of drug-likeness (QED) is 0.838. The molecule has 2 N–H and O–H groups in total. The number of carbonyl (C=O) groups excluding carboxylic acids is 1. The minimum atomic E-state index is -0.299. The molecule has 21 heavy (non-hydrogen) atoms. The molecule has 0 amide bonds. The van der Waals surface area contributed by atoms with Crippen LogP contribution in [0.3, 0.4) is 0 Å². The molecule has 0 aliphatic heterocycles. The first-order chi connectivity index (χ1) is 10.2. The molecule has 2 saturated carbocycles. The van der Waals surface area contributed by atoms with Crippen molar-refractivity contribution >= 4 is 5.78 Å². The summed E-state index contributed by atoms with van der Waals surface area (Å²) < 4.78 is 0. The predicted molar refractivity (Wildman–Crippen MR) is 86.5 cm³/mol. The summed E-state index contributed by atoms with van der Waals surface area (Å²) in [4.78, 5) is 13.2. The minimum absolute atomic E-state index is 0.299. The normalized spacial score (nSPS) is 29.9. The maximum atomic E-state index is 13.2. The number of benzene rings is 1. The first kappa shape index (κ1) is 14.8. The fraction of sp³-hybridized carbons (Fsp3) is 0.632.